The van der Waals surface area contributed by atoms with Gasteiger partial charge in [-0.3, -0.25) is 4.57 Å². The molecule has 3 heterocycles. The Bertz CT molecular complexity index is 906. The van der Waals surface area contributed by atoms with Crippen molar-refractivity contribution in [2.24, 2.45) is 0 Å². The molecule has 0 saturated heterocycles. The average Bonchev–Trinajstić information content (AvgIpc) is 3.11. The van der Waals surface area contributed by atoms with Gasteiger partial charge in [0.15, 0.2) is 0 Å². The van der Waals surface area contributed by atoms with Crippen molar-refractivity contribution < 1.29 is 0 Å². The average molecular weight is 291 g/mol. The molecule has 0 amide bonds. The van der Waals surface area contributed by atoms with Crippen molar-refractivity contribution in [2.75, 3.05) is 0 Å². The van der Waals surface area contributed by atoms with Gasteiger partial charge in [0.1, 0.15) is 0 Å². The van der Waals surface area contributed by atoms with Crippen LogP contribution in [0.2, 0.25) is 0 Å². The van der Waals surface area contributed by atoms with Crippen molar-refractivity contribution in [1.29, 1.82) is 0 Å². The summed E-state index contributed by atoms with van der Waals surface area (Å²) < 4.78 is 2.13. The molecule has 0 aliphatic carbocycles. The third-order valence-corrected chi connectivity index (χ3v) is 4.48. The summed E-state index contributed by atoms with van der Waals surface area (Å²) in [5.41, 5.74) is 2.27. The van der Waals surface area contributed by atoms with Gasteiger partial charge in [-0.05, 0) is 37.3 Å². The van der Waals surface area contributed by atoms with Crippen molar-refractivity contribution in [3.63, 3.8) is 0 Å². The highest BCUT2D eigenvalue weighted by Crippen LogP contribution is 2.34. The van der Waals surface area contributed by atoms with Crippen molar-refractivity contribution in [1.82, 2.24) is 14.5 Å². The topological polar surface area (TPSA) is 30.7 Å². The van der Waals surface area contributed by atoms with E-state index < -0.39 is 0 Å². The lowest BCUT2D eigenvalue weighted by molar-refractivity contribution is 0.969. The van der Waals surface area contributed by atoms with E-state index in [4.69, 9.17) is 0 Å². The molecular formula is C17H13N3S. The lowest BCUT2D eigenvalue weighted by Gasteiger charge is -2.07. The summed E-state index contributed by atoms with van der Waals surface area (Å²) in [6.07, 6.45) is 3.56. The van der Waals surface area contributed by atoms with E-state index >= 15 is 0 Å². The zero-order valence-electron chi connectivity index (χ0n) is 11.5. The second-order valence-corrected chi connectivity index (χ2v) is 6.17. The normalized spacial score (nSPS) is 11.1. The summed E-state index contributed by atoms with van der Waals surface area (Å²) in [5.74, 6) is 0.708. The van der Waals surface area contributed by atoms with Crippen LogP contribution in [0.5, 0.6) is 0 Å². The van der Waals surface area contributed by atoms with E-state index in [-0.39, 0.29) is 0 Å². The van der Waals surface area contributed by atoms with Gasteiger partial charge in [0.2, 0.25) is 5.95 Å². The maximum absolute atomic E-state index is 4.42. The summed E-state index contributed by atoms with van der Waals surface area (Å²) in [4.78, 5) is 11.4. The maximum Gasteiger partial charge on any atom is 0.234 e. The molecule has 21 heavy (non-hydrogen) atoms. The zero-order valence-corrected chi connectivity index (χ0v) is 12.3. The lowest BCUT2D eigenvalue weighted by Crippen LogP contribution is -2.01. The Hall–Kier alpha value is -2.46. The quantitative estimate of drug-likeness (QED) is 0.546. The smallest absolute Gasteiger partial charge is 0.234 e. The minimum Gasteiger partial charge on any atom is -0.277 e. The van der Waals surface area contributed by atoms with Gasteiger partial charge >= 0.3 is 0 Å². The second kappa shape index (κ2) is 4.82. The van der Waals surface area contributed by atoms with Crippen molar-refractivity contribution in [3.05, 3.63) is 65.8 Å². The molecule has 0 unspecified atom stereocenters. The van der Waals surface area contributed by atoms with E-state index in [1.54, 1.807) is 23.7 Å². The Balaban J connectivity index is 2.06. The molecule has 4 rings (SSSR count). The molecular weight excluding hydrogens is 278 g/mol. The molecule has 4 aromatic rings. The molecule has 3 nitrogen and oxygen atoms in total. The number of para-hydroxylation sites is 1. The third kappa shape index (κ3) is 2.04. The van der Waals surface area contributed by atoms with Gasteiger partial charge in [0.25, 0.3) is 0 Å². The van der Waals surface area contributed by atoms with Crippen LogP contribution in [0.25, 0.3) is 27.4 Å². The van der Waals surface area contributed by atoms with Gasteiger partial charge in [-0.2, -0.15) is 0 Å². The fourth-order valence-electron chi connectivity index (χ4n) is 2.53. The Kier molecular flexibility index (Phi) is 2.82. The van der Waals surface area contributed by atoms with E-state index in [9.17, 15) is 0 Å². The van der Waals surface area contributed by atoms with Crippen LogP contribution in [0.4, 0.5) is 0 Å². The molecule has 3 aromatic heterocycles. The van der Waals surface area contributed by atoms with E-state index in [0.717, 1.165) is 11.2 Å². The number of thiophene rings is 1. The first-order chi connectivity index (χ1) is 10.3. The van der Waals surface area contributed by atoms with E-state index in [1.165, 1.54) is 15.1 Å². The summed E-state index contributed by atoms with van der Waals surface area (Å²) >= 11 is 1.79. The predicted molar refractivity (Wildman–Crippen MR) is 86.9 cm³/mol. The Morgan fingerprint density at radius 3 is 2.52 bits per heavy atom. The van der Waals surface area contributed by atoms with Gasteiger partial charge in [0.05, 0.1) is 16.1 Å². The van der Waals surface area contributed by atoms with Crippen LogP contribution >= 0.6 is 11.3 Å². The summed E-state index contributed by atoms with van der Waals surface area (Å²) in [5, 5.41) is 1.20. The summed E-state index contributed by atoms with van der Waals surface area (Å²) in [7, 11) is 0. The number of aromatic nitrogens is 3. The number of rotatable bonds is 2. The van der Waals surface area contributed by atoms with E-state index in [1.807, 2.05) is 12.1 Å². The minimum absolute atomic E-state index is 0.708. The Morgan fingerprint density at radius 2 is 1.76 bits per heavy atom. The fraction of sp³-hybridized carbons (Fsp3) is 0.0588. The summed E-state index contributed by atoms with van der Waals surface area (Å²) in [6.45, 7) is 2.13. The van der Waals surface area contributed by atoms with Crippen molar-refractivity contribution >= 4 is 22.2 Å². The molecule has 1 aromatic carbocycles. The molecule has 0 aliphatic rings. The zero-order chi connectivity index (χ0) is 14.2. The van der Waals surface area contributed by atoms with E-state index in [2.05, 4.69) is 57.9 Å². The number of hydrogen-bond acceptors (Lipinski definition) is 3. The first-order valence-electron chi connectivity index (χ1n) is 6.77. The fourth-order valence-corrected chi connectivity index (χ4v) is 3.40. The second-order valence-electron chi connectivity index (χ2n) is 4.88. The Labute approximate surface area is 126 Å². The Morgan fingerprint density at radius 1 is 0.952 bits per heavy atom. The minimum atomic E-state index is 0.708. The molecule has 0 fully saturated rings. The molecule has 4 heteroatoms. The highest BCUT2D eigenvalue weighted by molar-refractivity contribution is 7.15. The van der Waals surface area contributed by atoms with E-state index in [0.29, 0.717) is 5.95 Å². The van der Waals surface area contributed by atoms with Crippen LogP contribution < -0.4 is 0 Å². The number of nitrogens with zero attached hydrogens (tertiary/aromatic N) is 3. The summed E-state index contributed by atoms with van der Waals surface area (Å²) in [6, 6.07) is 16.7. The number of fused-ring (bicyclic) bond motifs is 1. The lowest BCUT2D eigenvalue weighted by atomic mass is 10.2. The highest BCUT2D eigenvalue weighted by atomic mass is 32.1. The maximum atomic E-state index is 4.42. The highest BCUT2D eigenvalue weighted by Gasteiger charge is 2.14. The molecule has 0 atom stereocenters. The third-order valence-electron chi connectivity index (χ3n) is 3.46. The molecule has 0 bridgehead atoms. The van der Waals surface area contributed by atoms with Crippen LogP contribution in [0, 0.1) is 6.92 Å². The van der Waals surface area contributed by atoms with Gasteiger partial charge in [-0.1, -0.05) is 18.2 Å². The molecule has 0 saturated carbocycles. The van der Waals surface area contributed by atoms with Crippen LogP contribution in [-0.2, 0) is 0 Å². The predicted octanol–water partition coefficient (Wildman–Crippen LogP) is 4.46. The van der Waals surface area contributed by atoms with Gasteiger partial charge in [0, 0.05) is 22.7 Å². The van der Waals surface area contributed by atoms with Crippen LogP contribution in [0.1, 0.15) is 4.88 Å². The first kappa shape index (κ1) is 12.3. The monoisotopic (exact) mass is 291 g/mol. The van der Waals surface area contributed by atoms with Crippen LogP contribution in [0.15, 0.2) is 60.9 Å². The molecule has 0 N–H and O–H groups in total. The van der Waals surface area contributed by atoms with Gasteiger partial charge < -0.3 is 0 Å². The molecule has 0 radical (unpaired) electrons. The molecule has 102 valence electrons. The van der Waals surface area contributed by atoms with Gasteiger partial charge in [-0.25, -0.2) is 9.97 Å². The van der Waals surface area contributed by atoms with Gasteiger partial charge in [-0.15, -0.1) is 11.3 Å². The SMILES string of the molecule is Cc1ccc(-c2cc3ccccc3n2-c2ncccn2)s1. The van der Waals surface area contributed by atoms with Crippen LogP contribution in [0.3, 0.4) is 0 Å². The van der Waals surface area contributed by atoms with Crippen molar-refractivity contribution in [2.45, 2.75) is 6.92 Å². The van der Waals surface area contributed by atoms with Crippen molar-refractivity contribution in [3.8, 4) is 16.5 Å². The molecule has 0 spiro atoms. The molecule has 0 aliphatic heterocycles. The number of benzene rings is 1. The largest absolute Gasteiger partial charge is 0.277 e. The number of aryl methyl sites for hydroxylation is 1. The first-order valence-corrected chi connectivity index (χ1v) is 7.59. The standard InChI is InChI=1S/C17H13N3S/c1-12-7-8-16(21-12)15-11-13-5-2-3-6-14(13)20(15)17-18-9-4-10-19-17/h2-11H,1H3. The number of hydrogen-bond donors (Lipinski definition) is 0. The van der Waals surface area contributed by atoms with Crippen LogP contribution in [-0.4, -0.2) is 14.5 Å².